The second-order valence-corrected chi connectivity index (χ2v) is 3.24. The van der Waals surface area contributed by atoms with E-state index in [2.05, 4.69) is 4.74 Å². The van der Waals surface area contributed by atoms with Crippen molar-refractivity contribution in [3.8, 4) is 0 Å². The molecule has 0 aromatic heterocycles. The number of carbonyl (C=O) groups excluding carboxylic acids is 1. The molecule has 0 fully saturated rings. The average molecular weight is 210 g/mol. The molecule has 15 heavy (non-hydrogen) atoms. The van der Waals surface area contributed by atoms with E-state index in [1.54, 1.807) is 6.92 Å². The Bertz CT molecular complexity index is 298. The molecule has 0 heterocycles. The summed E-state index contributed by atoms with van der Waals surface area (Å²) in [6.07, 6.45) is -0.769. The van der Waals surface area contributed by atoms with Gasteiger partial charge < -0.3 is 4.74 Å². The van der Waals surface area contributed by atoms with Crippen molar-refractivity contribution in [2.45, 2.75) is 25.9 Å². The van der Waals surface area contributed by atoms with Crippen LogP contribution in [0.1, 0.15) is 18.9 Å². The first-order chi connectivity index (χ1) is 7.24. The highest BCUT2D eigenvalue weighted by atomic mass is 19.1. The Kier molecular flexibility index (Phi) is 4.81. The Morgan fingerprint density at radius 1 is 1.40 bits per heavy atom. The number of ether oxygens (including phenoxy) is 1. The van der Waals surface area contributed by atoms with E-state index >= 15 is 0 Å². The Morgan fingerprint density at radius 3 is 2.67 bits per heavy atom. The molecule has 0 N–H and O–H groups in total. The van der Waals surface area contributed by atoms with Gasteiger partial charge in [-0.25, -0.2) is 9.18 Å². The molecular weight excluding hydrogens is 195 g/mol. The first-order valence-electron chi connectivity index (χ1n) is 5.08. The van der Waals surface area contributed by atoms with Gasteiger partial charge in [0.1, 0.15) is 0 Å². The van der Waals surface area contributed by atoms with Gasteiger partial charge in [-0.3, -0.25) is 0 Å². The summed E-state index contributed by atoms with van der Waals surface area (Å²) >= 11 is 0. The normalized spacial score (nSPS) is 12.1. The van der Waals surface area contributed by atoms with Crippen LogP contribution >= 0.6 is 0 Å². The van der Waals surface area contributed by atoms with Gasteiger partial charge in [-0.05, 0) is 25.3 Å². The third kappa shape index (κ3) is 4.11. The summed E-state index contributed by atoms with van der Waals surface area (Å²) in [5, 5.41) is 0. The van der Waals surface area contributed by atoms with Crippen LogP contribution < -0.4 is 0 Å². The van der Waals surface area contributed by atoms with Gasteiger partial charge in [0.2, 0.25) is 0 Å². The molecule has 0 saturated heterocycles. The number of hydrogen-bond acceptors (Lipinski definition) is 2. The molecular formula is C12H15FO2. The summed E-state index contributed by atoms with van der Waals surface area (Å²) in [4.78, 5) is 11.0. The van der Waals surface area contributed by atoms with Crippen molar-refractivity contribution in [2.24, 2.45) is 0 Å². The molecule has 1 aromatic rings. The summed E-state index contributed by atoms with van der Waals surface area (Å²) in [6, 6.07) is 9.53. The highest BCUT2D eigenvalue weighted by Crippen LogP contribution is 2.08. The Morgan fingerprint density at radius 2 is 2.07 bits per heavy atom. The van der Waals surface area contributed by atoms with E-state index in [1.165, 1.54) is 0 Å². The Labute approximate surface area is 89.1 Å². The highest BCUT2D eigenvalue weighted by Gasteiger charge is 2.17. The lowest BCUT2D eigenvalue weighted by Crippen LogP contribution is -2.19. The molecule has 0 aliphatic heterocycles. The van der Waals surface area contributed by atoms with Crippen LogP contribution in [0.15, 0.2) is 30.3 Å². The van der Waals surface area contributed by atoms with Gasteiger partial charge in [0, 0.05) is 0 Å². The average Bonchev–Trinajstić information content (AvgIpc) is 2.27. The molecule has 0 spiro atoms. The van der Waals surface area contributed by atoms with Crippen LogP contribution in [0.25, 0.3) is 0 Å². The third-order valence-corrected chi connectivity index (χ3v) is 2.07. The van der Waals surface area contributed by atoms with Crippen LogP contribution in [0.3, 0.4) is 0 Å². The molecule has 3 heteroatoms. The summed E-state index contributed by atoms with van der Waals surface area (Å²) < 4.78 is 17.8. The standard InChI is InChI=1S/C12H15FO2/c1-2-15-12(14)11(13)9-8-10-6-4-3-5-7-10/h3-7,11H,2,8-9H2,1H3. The van der Waals surface area contributed by atoms with Gasteiger partial charge in [0.25, 0.3) is 0 Å². The van der Waals surface area contributed by atoms with Crippen molar-refractivity contribution < 1.29 is 13.9 Å². The number of alkyl halides is 1. The number of hydrogen-bond donors (Lipinski definition) is 0. The Balaban J connectivity index is 2.34. The maximum atomic E-state index is 13.2. The molecule has 2 nitrogen and oxygen atoms in total. The number of aryl methyl sites for hydroxylation is 1. The predicted molar refractivity (Wildman–Crippen MR) is 56.3 cm³/mol. The number of halogens is 1. The largest absolute Gasteiger partial charge is 0.464 e. The van der Waals surface area contributed by atoms with Crippen molar-refractivity contribution >= 4 is 5.97 Å². The fraction of sp³-hybridized carbons (Fsp3) is 0.417. The first-order valence-corrected chi connectivity index (χ1v) is 5.08. The van der Waals surface area contributed by atoms with E-state index < -0.39 is 12.1 Å². The van der Waals surface area contributed by atoms with E-state index in [0.29, 0.717) is 6.42 Å². The van der Waals surface area contributed by atoms with Gasteiger partial charge in [0.05, 0.1) is 6.61 Å². The zero-order valence-electron chi connectivity index (χ0n) is 8.78. The van der Waals surface area contributed by atoms with E-state index in [1.807, 2.05) is 30.3 Å². The molecule has 0 bridgehead atoms. The fourth-order valence-electron chi connectivity index (χ4n) is 1.29. The maximum Gasteiger partial charge on any atom is 0.340 e. The lowest BCUT2D eigenvalue weighted by molar-refractivity contribution is -0.149. The van der Waals surface area contributed by atoms with E-state index in [0.717, 1.165) is 5.56 Å². The van der Waals surface area contributed by atoms with Crippen molar-refractivity contribution in [2.75, 3.05) is 6.61 Å². The first kappa shape index (κ1) is 11.7. The van der Waals surface area contributed by atoms with Crippen LogP contribution in [0, 0.1) is 0 Å². The molecule has 0 amide bonds. The van der Waals surface area contributed by atoms with E-state index in [-0.39, 0.29) is 13.0 Å². The lowest BCUT2D eigenvalue weighted by Gasteiger charge is -2.07. The minimum absolute atomic E-state index is 0.183. The minimum atomic E-state index is -1.51. The summed E-state index contributed by atoms with van der Waals surface area (Å²) in [5.74, 6) is -0.756. The van der Waals surface area contributed by atoms with Crippen LogP contribution in [0.2, 0.25) is 0 Å². The van der Waals surface area contributed by atoms with Gasteiger partial charge in [-0.1, -0.05) is 30.3 Å². The quantitative estimate of drug-likeness (QED) is 0.698. The minimum Gasteiger partial charge on any atom is -0.464 e. The molecule has 0 aliphatic carbocycles. The van der Waals surface area contributed by atoms with Gasteiger partial charge >= 0.3 is 5.97 Å². The highest BCUT2D eigenvalue weighted by molar-refractivity contribution is 5.74. The van der Waals surface area contributed by atoms with E-state index in [4.69, 9.17) is 0 Å². The van der Waals surface area contributed by atoms with Crippen molar-refractivity contribution in [3.05, 3.63) is 35.9 Å². The molecule has 1 rings (SSSR count). The molecule has 0 radical (unpaired) electrons. The molecule has 0 aliphatic rings. The number of rotatable bonds is 5. The van der Waals surface area contributed by atoms with Gasteiger partial charge in [-0.15, -0.1) is 0 Å². The zero-order chi connectivity index (χ0) is 11.1. The Hall–Kier alpha value is -1.38. The van der Waals surface area contributed by atoms with Gasteiger partial charge in [0.15, 0.2) is 6.17 Å². The SMILES string of the molecule is CCOC(=O)C(F)CCc1ccccc1. The molecule has 0 saturated carbocycles. The molecule has 1 atom stereocenters. The van der Waals surface area contributed by atoms with Crippen molar-refractivity contribution in [1.29, 1.82) is 0 Å². The van der Waals surface area contributed by atoms with E-state index in [9.17, 15) is 9.18 Å². The van der Waals surface area contributed by atoms with Gasteiger partial charge in [-0.2, -0.15) is 0 Å². The lowest BCUT2D eigenvalue weighted by atomic mass is 10.1. The van der Waals surface area contributed by atoms with Crippen LogP contribution in [0.4, 0.5) is 4.39 Å². The summed E-state index contributed by atoms with van der Waals surface area (Å²) in [6.45, 7) is 1.90. The summed E-state index contributed by atoms with van der Waals surface area (Å²) in [7, 11) is 0. The van der Waals surface area contributed by atoms with Crippen molar-refractivity contribution in [1.82, 2.24) is 0 Å². The van der Waals surface area contributed by atoms with Crippen LogP contribution in [-0.2, 0) is 16.0 Å². The zero-order valence-corrected chi connectivity index (χ0v) is 8.78. The summed E-state index contributed by atoms with van der Waals surface area (Å²) in [5.41, 5.74) is 1.03. The fourth-order valence-corrected chi connectivity index (χ4v) is 1.29. The molecule has 1 unspecified atom stereocenters. The number of carbonyl (C=O) groups is 1. The second kappa shape index (κ2) is 6.17. The topological polar surface area (TPSA) is 26.3 Å². The van der Waals surface area contributed by atoms with Crippen molar-refractivity contribution in [3.63, 3.8) is 0 Å². The van der Waals surface area contributed by atoms with Crippen LogP contribution in [0.5, 0.6) is 0 Å². The monoisotopic (exact) mass is 210 g/mol. The second-order valence-electron chi connectivity index (χ2n) is 3.24. The number of esters is 1. The third-order valence-electron chi connectivity index (χ3n) is 2.07. The van der Waals surface area contributed by atoms with Crippen LogP contribution in [-0.4, -0.2) is 18.7 Å². The molecule has 82 valence electrons. The predicted octanol–water partition coefficient (Wildman–Crippen LogP) is 2.52. The maximum absolute atomic E-state index is 13.2. The molecule has 1 aromatic carbocycles. The number of benzene rings is 1. The smallest absolute Gasteiger partial charge is 0.340 e.